The lowest BCUT2D eigenvalue weighted by atomic mass is 10.1. The van der Waals surface area contributed by atoms with Crippen molar-refractivity contribution in [3.8, 4) is 5.75 Å². The molecule has 0 aromatic heterocycles. The summed E-state index contributed by atoms with van der Waals surface area (Å²) in [7, 11) is 2.23. The third-order valence-electron chi connectivity index (χ3n) is 7.58. The quantitative estimate of drug-likeness (QED) is 0.261. The van der Waals surface area contributed by atoms with Gasteiger partial charge < -0.3 is 19.4 Å². The van der Waals surface area contributed by atoms with Gasteiger partial charge in [0.2, 0.25) is 0 Å². The Bertz CT molecular complexity index is 997. The van der Waals surface area contributed by atoms with Gasteiger partial charge in [-0.3, -0.25) is 4.79 Å². The summed E-state index contributed by atoms with van der Waals surface area (Å²) in [5.41, 5.74) is 0.322. The van der Waals surface area contributed by atoms with Crippen LogP contribution < -0.4 is 9.64 Å². The van der Waals surface area contributed by atoms with Crippen LogP contribution in [0.3, 0.4) is 0 Å². The largest absolute Gasteiger partial charge is 0.494 e. The van der Waals surface area contributed by atoms with Crippen LogP contribution in [0.15, 0.2) is 48.5 Å². The zero-order valence-corrected chi connectivity index (χ0v) is 23.7. The van der Waals surface area contributed by atoms with Crippen molar-refractivity contribution in [3.05, 3.63) is 59.7 Å². The van der Waals surface area contributed by atoms with E-state index in [0.717, 1.165) is 36.5 Å². The van der Waals surface area contributed by atoms with Crippen LogP contribution in [0.2, 0.25) is 0 Å². The Morgan fingerprint density at radius 3 is 2.21 bits per heavy atom. The van der Waals surface area contributed by atoms with Crippen molar-refractivity contribution >= 4 is 11.6 Å². The first-order chi connectivity index (χ1) is 18.8. The number of nitrogens with zero attached hydrogens (tertiary/aromatic N) is 3. The minimum atomic E-state index is -4.46. The summed E-state index contributed by atoms with van der Waals surface area (Å²) in [6.07, 6.45) is 4.59. The van der Waals surface area contributed by atoms with Gasteiger partial charge in [-0.2, -0.15) is 13.2 Å². The first-order valence-corrected chi connectivity index (χ1v) is 14.5. The second-order valence-corrected chi connectivity index (χ2v) is 10.2. The van der Waals surface area contributed by atoms with Crippen molar-refractivity contribution in [1.29, 1.82) is 0 Å². The Hall–Kier alpha value is -2.74. The highest BCUT2D eigenvalue weighted by atomic mass is 19.4. The Labute approximate surface area is 231 Å². The maximum Gasteiger partial charge on any atom is 0.416 e. The molecule has 0 N–H and O–H groups in total. The van der Waals surface area contributed by atoms with Gasteiger partial charge in [0.25, 0.3) is 5.91 Å². The van der Waals surface area contributed by atoms with E-state index in [2.05, 4.69) is 16.8 Å². The number of carbonyl (C=O) groups is 1. The third kappa shape index (κ3) is 9.16. The molecule has 1 saturated heterocycles. The number of rotatable bonds is 8. The lowest BCUT2D eigenvalue weighted by Gasteiger charge is -2.36. The van der Waals surface area contributed by atoms with E-state index in [-0.39, 0.29) is 11.5 Å². The van der Waals surface area contributed by atoms with E-state index < -0.39 is 11.7 Å². The first kappa shape index (κ1) is 30.8. The van der Waals surface area contributed by atoms with Crippen LogP contribution in [0.1, 0.15) is 74.7 Å². The van der Waals surface area contributed by atoms with E-state index in [4.69, 9.17) is 4.74 Å². The number of amides is 1. The summed E-state index contributed by atoms with van der Waals surface area (Å²) in [5, 5.41) is 0. The fraction of sp³-hybridized carbons (Fsp3) is 0.581. The smallest absolute Gasteiger partial charge is 0.416 e. The molecular formula is C31H44F3N3O2. The highest BCUT2D eigenvalue weighted by Crippen LogP contribution is 2.30. The number of anilines is 1. The molecule has 0 atom stereocenters. The van der Waals surface area contributed by atoms with E-state index in [1.807, 2.05) is 38.1 Å². The maximum atomic E-state index is 13.0. The lowest BCUT2D eigenvalue weighted by molar-refractivity contribution is -0.137. The number of ether oxygens (including phenoxy) is 1. The molecule has 1 heterocycles. The monoisotopic (exact) mass is 547 g/mol. The zero-order valence-electron chi connectivity index (χ0n) is 23.7. The van der Waals surface area contributed by atoms with Crippen LogP contribution in [0.25, 0.3) is 0 Å². The minimum Gasteiger partial charge on any atom is -0.494 e. The van der Waals surface area contributed by atoms with Crippen LogP contribution in [0.4, 0.5) is 18.9 Å². The van der Waals surface area contributed by atoms with Gasteiger partial charge >= 0.3 is 6.18 Å². The minimum absolute atomic E-state index is 0.0743. The van der Waals surface area contributed by atoms with Gasteiger partial charge in [0.15, 0.2) is 0 Å². The SMILES string of the molecule is CC.CN(CCCOc1ccc(N2CCN(C(=O)c3cccc(C(F)(F)F)c3)CC2)cc1)C1CCCCCC1. The number of hydrogen-bond acceptors (Lipinski definition) is 4. The van der Waals surface area contributed by atoms with Gasteiger partial charge in [0, 0.05) is 50.0 Å². The Balaban J connectivity index is 0.00000205. The molecule has 0 bridgehead atoms. The lowest BCUT2D eigenvalue weighted by Crippen LogP contribution is -2.48. The number of benzene rings is 2. The highest BCUT2D eigenvalue weighted by Gasteiger charge is 2.31. The molecule has 39 heavy (non-hydrogen) atoms. The van der Waals surface area contributed by atoms with E-state index in [1.165, 1.54) is 50.7 Å². The number of carbonyl (C=O) groups excluding carboxylic acids is 1. The Morgan fingerprint density at radius 1 is 0.949 bits per heavy atom. The molecule has 1 aliphatic carbocycles. The van der Waals surface area contributed by atoms with E-state index in [9.17, 15) is 18.0 Å². The molecule has 2 aromatic carbocycles. The Morgan fingerprint density at radius 2 is 1.59 bits per heavy atom. The van der Waals surface area contributed by atoms with Crippen molar-refractivity contribution in [2.24, 2.45) is 0 Å². The van der Waals surface area contributed by atoms with Gasteiger partial charge in [0.1, 0.15) is 5.75 Å². The number of halogens is 3. The van der Waals surface area contributed by atoms with E-state index in [1.54, 1.807) is 4.90 Å². The van der Waals surface area contributed by atoms with Crippen molar-refractivity contribution in [2.75, 3.05) is 51.3 Å². The van der Waals surface area contributed by atoms with Crippen LogP contribution in [0, 0.1) is 0 Å². The molecule has 2 aromatic rings. The van der Waals surface area contributed by atoms with Gasteiger partial charge in [0.05, 0.1) is 12.2 Å². The standard InChI is InChI=1S/C29H38F3N3O2.C2H6/c1-33(25-10-4-2-3-5-11-25)16-7-21-37-27-14-12-26(13-15-27)34-17-19-35(20-18-34)28(36)23-8-6-9-24(22-23)29(30,31)32;1-2/h6,8-9,12-15,22,25H,2-5,7,10-11,16-21H2,1H3;1-2H3. The summed E-state index contributed by atoms with van der Waals surface area (Å²) in [5.74, 6) is 0.485. The topological polar surface area (TPSA) is 36.0 Å². The number of hydrogen-bond donors (Lipinski definition) is 0. The molecular weight excluding hydrogens is 503 g/mol. The predicted molar refractivity (Wildman–Crippen MR) is 152 cm³/mol. The van der Waals surface area contributed by atoms with Crippen molar-refractivity contribution in [2.45, 2.75) is 71.0 Å². The van der Waals surface area contributed by atoms with Crippen molar-refractivity contribution in [3.63, 3.8) is 0 Å². The molecule has 4 rings (SSSR count). The third-order valence-corrected chi connectivity index (χ3v) is 7.58. The summed E-state index contributed by atoms with van der Waals surface area (Å²) in [4.78, 5) is 19.1. The maximum absolute atomic E-state index is 13.0. The summed E-state index contributed by atoms with van der Waals surface area (Å²) >= 11 is 0. The number of alkyl halides is 3. The summed E-state index contributed by atoms with van der Waals surface area (Å²) in [6, 6.07) is 13.4. The average Bonchev–Trinajstić information content (AvgIpc) is 3.26. The summed E-state index contributed by atoms with van der Waals surface area (Å²) in [6.45, 7) is 7.90. The zero-order chi connectivity index (χ0) is 28.3. The number of piperazine rings is 1. The van der Waals surface area contributed by atoms with Crippen LogP contribution in [0.5, 0.6) is 5.75 Å². The fourth-order valence-electron chi connectivity index (χ4n) is 5.32. The van der Waals surface area contributed by atoms with Gasteiger partial charge in [-0.15, -0.1) is 0 Å². The van der Waals surface area contributed by atoms with Crippen molar-refractivity contribution in [1.82, 2.24) is 9.80 Å². The van der Waals surface area contributed by atoms with E-state index in [0.29, 0.717) is 38.8 Å². The molecule has 5 nitrogen and oxygen atoms in total. The summed E-state index contributed by atoms with van der Waals surface area (Å²) < 4.78 is 45.0. The second kappa shape index (κ2) is 15.2. The molecule has 0 unspecified atom stereocenters. The van der Waals surface area contributed by atoms with Gasteiger partial charge in [-0.05, 0) is 68.8 Å². The van der Waals surface area contributed by atoms with Crippen LogP contribution in [-0.4, -0.2) is 68.1 Å². The molecule has 1 aliphatic heterocycles. The molecule has 0 spiro atoms. The first-order valence-electron chi connectivity index (χ1n) is 14.5. The molecule has 216 valence electrons. The van der Waals surface area contributed by atoms with Crippen molar-refractivity contribution < 1.29 is 22.7 Å². The van der Waals surface area contributed by atoms with Gasteiger partial charge in [-0.25, -0.2) is 0 Å². The molecule has 2 fully saturated rings. The molecule has 8 heteroatoms. The average molecular weight is 548 g/mol. The second-order valence-electron chi connectivity index (χ2n) is 10.2. The van der Waals surface area contributed by atoms with Crippen LogP contribution in [-0.2, 0) is 6.18 Å². The van der Waals surface area contributed by atoms with E-state index >= 15 is 0 Å². The van der Waals surface area contributed by atoms with Gasteiger partial charge in [-0.1, -0.05) is 45.6 Å². The molecule has 1 amide bonds. The predicted octanol–water partition coefficient (Wildman–Crippen LogP) is 7.12. The van der Waals surface area contributed by atoms with Crippen LogP contribution >= 0.6 is 0 Å². The molecule has 1 saturated carbocycles. The molecule has 2 aliphatic rings. The Kier molecular flexibility index (Phi) is 12.0. The fourth-order valence-corrected chi connectivity index (χ4v) is 5.32. The highest BCUT2D eigenvalue weighted by molar-refractivity contribution is 5.94. The molecule has 0 radical (unpaired) electrons. The normalized spacial score (nSPS) is 16.9.